The van der Waals surface area contributed by atoms with E-state index in [1.165, 1.54) is 5.56 Å². The minimum absolute atomic E-state index is 0.0375. The Hall–Kier alpha value is -4.82. The van der Waals surface area contributed by atoms with E-state index in [4.69, 9.17) is 4.74 Å². The number of hydrogen-bond acceptors (Lipinski definition) is 3. The molecule has 0 saturated heterocycles. The molecule has 0 aliphatic rings. The van der Waals surface area contributed by atoms with Crippen LogP contribution in [0.4, 0.5) is 0 Å². The first-order chi connectivity index (χ1) is 18.1. The van der Waals surface area contributed by atoms with E-state index in [0.717, 1.165) is 32.8 Å². The number of nitrogens with one attached hydrogen (secondary N) is 2. The number of nitrogens with zero attached hydrogens (tertiary/aromatic N) is 1. The van der Waals surface area contributed by atoms with Crippen molar-refractivity contribution in [3.8, 4) is 11.8 Å². The summed E-state index contributed by atoms with van der Waals surface area (Å²) < 4.78 is 6.18. The molecule has 5 rings (SSSR count). The molecule has 5 nitrogen and oxygen atoms in total. The van der Waals surface area contributed by atoms with E-state index < -0.39 is 5.91 Å². The second kappa shape index (κ2) is 10.8. The van der Waals surface area contributed by atoms with Crippen LogP contribution in [0, 0.1) is 18.3 Å². The average molecular weight is 486 g/mol. The molecule has 0 fully saturated rings. The minimum Gasteiger partial charge on any atom is -0.488 e. The molecule has 182 valence electrons. The first-order valence-electron chi connectivity index (χ1n) is 12.3. The predicted molar refractivity (Wildman–Crippen MR) is 148 cm³/mol. The van der Waals surface area contributed by atoms with Gasteiger partial charge in [-0.25, -0.2) is 0 Å². The first-order valence-corrected chi connectivity index (χ1v) is 12.3. The Morgan fingerprint density at radius 2 is 1.73 bits per heavy atom. The molecule has 0 bridgehead atoms. The van der Waals surface area contributed by atoms with Crippen LogP contribution in [0.3, 0.4) is 0 Å². The van der Waals surface area contributed by atoms with Gasteiger partial charge in [-0.15, -0.1) is 0 Å². The maximum Gasteiger partial charge on any atom is 0.261 e. The molecule has 0 aliphatic carbocycles. The maximum atomic E-state index is 13.0. The summed E-state index contributed by atoms with van der Waals surface area (Å²) in [4.78, 5) is 16.2. The Balaban J connectivity index is 1.37. The Bertz CT molecular complexity index is 1640. The van der Waals surface area contributed by atoms with Crippen LogP contribution >= 0.6 is 0 Å². The molecule has 5 aromatic rings. The number of fused-ring (bicyclic) bond motifs is 2. The first kappa shape index (κ1) is 23.9. The van der Waals surface area contributed by atoms with Crippen LogP contribution in [0.15, 0.2) is 96.7 Å². The summed E-state index contributed by atoms with van der Waals surface area (Å²) >= 11 is 0. The van der Waals surface area contributed by atoms with Crippen molar-refractivity contribution in [1.82, 2.24) is 10.3 Å². The Morgan fingerprint density at radius 3 is 2.54 bits per heavy atom. The molecule has 0 atom stereocenters. The monoisotopic (exact) mass is 485 g/mol. The number of hydrogen-bond donors (Lipinski definition) is 2. The van der Waals surface area contributed by atoms with E-state index in [2.05, 4.69) is 22.4 Å². The van der Waals surface area contributed by atoms with Crippen molar-refractivity contribution in [2.24, 2.45) is 0 Å². The Kier molecular flexibility index (Phi) is 7.00. The molecule has 5 heteroatoms. The molecular weight excluding hydrogens is 458 g/mol. The largest absolute Gasteiger partial charge is 0.488 e. The van der Waals surface area contributed by atoms with Crippen LogP contribution in [0.5, 0.6) is 5.75 Å². The van der Waals surface area contributed by atoms with Crippen molar-refractivity contribution in [3.05, 3.63) is 119 Å². The van der Waals surface area contributed by atoms with Gasteiger partial charge in [0.05, 0.1) is 0 Å². The van der Waals surface area contributed by atoms with Gasteiger partial charge in [-0.1, -0.05) is 78.4 Å². The third-order valence-corrected chi connectivity index (χ3v) is 6.45. The van der Waals surface area contributed by atoms with Crippen LogP contribution in [-0.4, -0.2) is 17.4 Å². The van der Waals surface area contributed by atoms with Crippen molar-refractivity contribution < 1.29 is 9.53 Å². The lowest BCUT2D eigenvalue weighted by molar-refractivity contribution is -0.117. The highest BCUT2D eigenvalue weighted by Crippen LogP contribution is 2.31. The number of nitriles is 1. The van der Waals surface area contributed by atoms with Crippen molar-refractivity contribution in [3.63, 3.8) is 0 Å². The SMILES string of the molecule is Cc1ccc(COc2ccc3ccccc3c2/C=C(/C#N)C(=O)NCCc2c[nH]c3ccccc23)cc1. The highest BCUT2D eigenvalue weighted by atomic mass is 16.5. The number of carbonyl (C=O) groups excluding carboxylic acids is 1. The number of aromatic nitrogens is 1. The number of amides is 1. The van der Waals surface area contributed by atoms with Crippen molar-refractivity contribution in [2.45, 2.75) is 20.0 Å². The van der Waals surface area contributed by atoms with Crippen LogP contribution in [0.25, 0.3) is 27.8 Å². The average Bonchev–Trinajstić information content (AvgIpc) is 3.34. The number of benzene rings is 4. The molecule has 37 heavy (non-hydrogen) atoms. The normalized spacial score (nSPS) is 11.4. The van der Waals surface area contributed by atoms with E-state index in [1.807, 2.05) is 92.0 Å². The minimum atomic E-state index is -0.403. The molecule has 1 amide bonds. The molecular formula is C32H27N3O2. The fourth-order valence-electron chi connectivity index (χ4n) is 4.43. The number of carbonyl (C=O) groups is 1. The van der Waals surface area contributed by atoms with E-state index in [-0.39, 0.29) is 5.57 Å². The lowest BCUT2D eigenvalue weighted by Gasteiger charge is -2.13. The van der Waals surface area contributed by atoms with Gasteiger partial charge in [-0.3, -0.25) is 4.79 Å². The highest BCUT2D eigenvalue weighted by Gasteiger charge is 2.14. The quantitative estimate of drug-likeness (QED) is 0.195. The van der Waals surface area contributed by atoms with Crippen molar-refractivity contribution in [2.75, 3.05) is 6.54 Å². The second-order valence-electron chi connectivity index (χ2n) is 9.01. The highest BCUT2D eigenvalue weighted by molar-refractivity contribution is 6.05. The van der Waals surface area contributed by atoms with Gasteiger partial charge in [0.1, 0.15) is 24.0 Å². The van der Waals surface area contributed by atoms with Crippen LogP contribution in [0.1, 0.15) is 22.3 Å². The Labute approximate surface area is 216 Å². The van der Waals surface area contributed by atoms with Crippen LogP contribution < -0.4 is 10.1 Å². The number of para-hydroxylation sites is 1. The molecule has 0 saturated carbocycles. The van der Waals surface area contributed by atoms with E-state index in [9.17, 15) is 10.1 Å². The van der Waals surface area contributed by atoms with Gasteiger partial charge in [0, 0.05) is 29.2 Å². The summed E-state index contributed by atoms with van der Waals surface area (Å²) in [6, 6.07) is 30.1. The van der Waals surface area contributed by atoms with Gasteiger partial charge >= 0.3 is 0 Å². The van der Waals surface area contributed by atoms with Crippen LogP contribution in [0.2, 0.25) is 0 Å². The lowest BCUT2D eigenvalue weighted by Crippen LogP contribution is -2.26. The zero-order valence-corrected chi connectivity index (χ0v) is 20.6. The Morgan fingerprint density at radius 1 is 0.973 bits per heavy atom. The standard InChI is InChI=1S/C32H27N3O2/c1-22-10-12-23(13-11-22)21-37-31-15-14-24-6-2-3-7-27(24)29(31)18-26(19-33)32(36)34-17-16-25-20-35-30-9-5-4-8-28(25)30/h2-15,18,20,35H,16-17,21H2,1H3,(H,34,36)/b26-18-. The molecule has 4 aromatic carbocycles. The maximum absolute atomic E-state index is 13.0. The number of aromatic amines is 1. The number of H-pyrrole nitrogens is 1. The zero-order chi connectivity index (χ0) is 25.6. The van der Waals surface area contributed by atoms with E-state index >= 15 is 0 Å². The van der Waals surface area contributed by atoms with Gasteiger partial charge in [0.25, 0.3) is 5.91 Å². The number of aryl methyl sites for hydroxylation is 1. The third kappa shape index (κ3) is 5.39. The number of rotatable bonds is 8. The predicted octanol–water partition coefficient (Wildman–Crippen LogP) is 6.47. The topological polar surface area (TPSA) is 77.9 Å². The molecule has 0 aliphatic heterocycles. The molecule has 1 heterocycles. The fraction of sp³-hybridized carbons (Fsp3) is 0.125. The van der Waals surface area contributed by atoms with Crippen molar-refractivity contribution >= 4 is 33.7 Å². The fourth-order valence-corrected chi connectivity index (χ4v) is 4.43. The summed E-state index contributed by atoms with van der Waals surface area (Å²) in [5.41, 5.74) is 5.18. The number of ether oxygens (including phenoxy) is 1. The molecule has 0 spiro atoms. The van der Waals surface area contributed by atoms with E-state index in [1.54, 1.807) is 6.08 Å². The summed E-state index contributed by atoms with van der Waals surface area (Å²) in [6.07, 6.45) is 4.26. The molecule has 2 N–H and O–H groups in total. The molecule has 0 radical (unpaired) electrons. The zero-order valence-electron chi connectivity index (χ0n) is 20.6. The smallest absolute Gasteiger partial charge is 0.261 e. The summed E-state index contributed by atoms with van der Waals surface area (Å²) in [7, 11) is 0. The molecule has 1 aromatic heterocycles. The van der Waals surface area contributed by atoms with Gasteiger partial charge in [0.2, 0.25) is 0 Å². The summed E-state index contributed by atoms with van der Waals surface area (Å²) in [6.45, 7) is 2.86. The van der Waals surface area contributed by atoms with Crippen LogP contribution in [-0.2, 0) is 17.8 Å². The van der Waals surface area contributed by atoms with Gasteiger partial charge in [-0.2, -0.15) is 5.26 Å². The van der Waals surface area contributed by atoms with Gasteiger partial charge in [0.15, 0.2) is 0 Å². The van der Waals surface area contributed by atoms with Gasteiger partial charge in [-0.05, 0) is 53.5 Å². The second-order valence-corrected chi connectivity index (χ2v) is 9.01. The molecule has 0 unspecified atom stereocenters. The third-order valence-electron chi connectivity index (χ3n) is 6.45. The van der Waals surface area contributed by atoms with Gasteiger partial charge < -0.3 is 15.0 Å². The summed E-state index contributed by atoms with van der Waals surface area (Å²) in [5.74, 6) is 0.221. The van der Waals surface area contributed by atoms with E-state index in [0.29, 0.717) is 30.9 Å². The lowest BCUT2D eigenvalue weighted by atomic mass is 10.0. The van der Waals surface area contributed by atoms with Crippen molar-refractivity contribution in [1.29, 1.82) is 5.26 Å². The summed E-state index contributed by atoms with van der Waals surface area (Å²) in [5, 5.41) is 15.8.